The van der Waals surface area contributed by atoms with Crippen molar-refractivity contribution in [2.75, 3.05) is 16.8 Å². The summed E-state index contributed by atoms with van der Waals surface area (Å²) in [6.07, 6.45) is 44.8. The Morgan fingerprint density at radius 1 is 0.458 bits per heavy atom. The first-order valence-corrected chi connectivity index (χ1v) is 27.4. The smallest absolute Gasteiger partial charge is 0.165 e. The lowest BCUT2D eigenvalue weighted by molar-refractivity contribution is -0.167. The third kappa shape index (κ3) is 24.9. The van der Waals surface area contributed by atoms with Crippen LogP contribution in [0, 0.1) is 0 Å². The van der Waals surface area contributed by atoms with Gasteiger partial charge in [-0.25, -0.2) is 4.41 Å². The van der Waals surface area contributed by atoms with Crippen molar-refractivity contribution in [1.82, 2.24) is 14.5 Å². The number of hydrogen-bond acceptors (Lipinski definition) is 7. The number of aromatic hydroxyl groups is 1. The van der Waals surface area contributed by atoms with Gasteiger partial charge in [0.05, 0.1) is 11.1 Å². The Hall–Kier alpha value is -1.18. The Morgan fingerprint density at radius 3 is 1.14 bits per heavy atom. The molecular formula is C52H98N4OS2. The Kier molecular flexibility index (Phi) is 30.5. The number of phenols is 1. The molecule has 7 heteroatoms. The molecule has 0 saturated heterocycles. The number of unbranched alkanes of at least 4 members (excludes halogenated alkanes) is 30. The third-order valence-corrected chi connectivity index (χ3v) is 13.9. The molecule has 0 atom stereocenters. The molecule has 1 aliphatic heterocycles. The van der Waals surface area contributed by atoms with Crippen LogP contribution in [0.5, 0.6) is 5.75 Å². The number of phenolic OH excluding ortho intramolecular Hbond substituents is 1. The van der Waals surface area contributed by atoms with E-state index in [2.05, 4.69) is 75.2 Å². The van der Waals surface area contributed by atoms with Gasteiger partial charge in [0, 0.05) is 11.4 Å². The molecule has 59 heavy (non-hydrogen) atoms. The lowest BCUT2D eigenvalue weighted by Crippen LogP contribution is -2.59. The molecule has 0 amide bonds. The molecule has 0 bridgehead atoms. The topological polar surface area (TPSA) is 42.0 Å². The molecule has 0 unspecified atom stereocenters. The second-order valence-electron chi connectivity index (χ2n) is 19.8. The zero-order valence-corrected chi connectivity index (χ0v) is 42.1. The van der Waals surface area contributed by atoms with Crippen molar-refractivity contribution in [2.24, 2.45) is 0 Å². The predicted octanol–water partition coefficient (Wildman–Crippen LogP) is 18.2. The minimum atomic E-state index is -0.118. The van der Waals surface area contributed by atoms with Gasteiger partial charge in [0.1, 0.15) is 10.8 Å². The molecular weight excluding hydrogens is 761 g/mol. The summed E-state index contributed by atoms with van der Waals surface area (Å²) in [5.41, 5.74) is 0.791. The van der Waals surface area contributed by atoms with Gasteiger partial charge >= 0.3 is 0 Å². The zero-order valence-electron chi connectivity index (χ0n) is 40.5. The van der Waals surface area contributed by atoms with Gasteiger partial charge in [0.2, 0.25) is 0 Å². The van der Waals surface area contributed by atoms with Gasteiger partial charge in [-0.1, -0.05) is 206 Å². The minimum absolute atomic E-state index is 0.101. The Balaban J connectivity index is 1.85. The normalized spacial score (nSPS) is 14.0. The summed E-state index contributed by atoms with van der Waals surface area (Å²) >= 11 is 3.98. The van der Waals surface area contributed by atoms with Crippen LogP contribution in [0.3, 0.4) is 0 Å². The molecule has 2 rings (SSSR count). The summed E-state index contributed by atoms with van der Waals surface area (Å²) in [4.78, 5) is 0. The van der Waals surface area contributed by atoms with Crippen molar-refractivity contribution in [3.8, 4) is 5.75 Å². The summed E-state index contributed by atoms with van der Waals surface area (Å²) in [7, 11) is 0. The van der Waals surface area contributed by atoms with E-state index in [1.54, 1.807) is 12.1 Å². The number of rotatable bonds is 38. The van der Waals surface area contributed by atoms with Crippen LogP contribution in [0.4, 0.5) is 5.69 Å². The lowest BCUT2D eigenvalue weighted by Gasteiger charge is -2.49. The van der Waals surface area contributed by atoms with E-state index in [0.717, 1.165) is 23.0 Å². The summed E-state index contributed by atoms with van der Waals surface area (Å²) in [6, 6.07) is 7.58. The maximum absolute atomic E-state index is 10.1. The molecule has 0 aliphatic carbocycles. The van der Waals surface area contributed by atoms with Crippen molar-refractivity contribution in [3.05, 3.63) is 35.1 Å². The number of benzene rings is 1. The third-order valence-electron chi connectivity index (χ3n) is 11.8. The molecule has 1 heterocycles. The maximum atomic E-state index is 10.1. The van der Waals surface area contributed by atoms with Crippen LogP contribution < -0.4 is 5.32 Å². The van der Waals surface area contributed by atoms with E-state index < -0.39 is 0 Å². The van der Waals surface area contributed by atoms with Crippen LogP contribution in [0.25, 0.3) is 0 Å². The van der Waals surface area contributed by atoms with E-state index in [1.165, 1.54) is 210 Å². The second kappa shape index (κ2) is 33.4. The van der Waals surface area contributed by atoms with Gasteiger partial charge in [-0.2, -0.15) is 0 Å². The summed E-state index contributed by atoms with van der Waals surface area (Å²) in [5, 5.41) is 20.3. The first-order chi connectivity index (χ1) is 28.5. The molecule has 0 saturated carbocycles. The SMILES string of the molecule is CCCCCCCCCCCCCCCCCCSC1=C(Nc2ccc(O)cc2)N(SCCCCCCCCCCCCCCCCCC)N(C(C)(C)C)N1C(C)(C)C. The maximum Gasteiger partial charge on any atom is 0.165 e. The molecule has 344 valence electrons. The van der Waals surface area contributed by atoms with Crippen molar-refractivity contribution in [3.63, 3.8) is 0 Å². The fraction of sp³-hybridized carbons (Fsp3) is 0.846. The molecule has 1 aromatic carbocycles. The summed E-state index contributed by atoms with van der Waals surface area (Å²) < 4.78 is 2.47. The van der Waals surface area contributed by atoms with E-state index in [9.17, 15) is 5.11 Å². The highest BCUT2D eigenvalue weighted by Gasteiger charge is 2.47. The molecule has 0 aromatic heterocycles. The van der Waals surface area contributed by atoms with Gasteiger partial charge < -0.3 is 10.4 Å². The monoisotopic (exact) mass is 859 g/mol. The van der Waals surface area contributed by atoms with Crippen molar-refractivity contribution in [2.45, 2.75) is 272 Å². The quantitative estimate of drug-likeness (QED) is 0.0390. The molecule has 0 spiro atoms. The molecule has 1 aromatic rings. The summed E-state index contributed by atoms with van der Waals surface area (Å²) in [5.74, 6) is 3.68. The van der Waals surface area contributed by atoms with Gasteiger partial charge in [-0.3, -0.25) is 5.01 Å². The molecule has 2 N–H and O–H groups in total. The highest BCUT2D eigenvalue weighted by atomic mass is 32.2. The summed E-state index contributed by atoms with van der Waals surface area (Å²) in [6.45, 7) is 18.7. The number of hydrogen-bond donors (Lipinski definition) is 2. The average molecular weight is 860 g/mol. The number of nitrogens with one attached hydrogen (secondary N) is 1. The lowest BCUT2D eigenvalue weighted by atomic mass is 10.0. The standard InChI is InChI=1S/C52H98N4OS2/c1-9-11-13-15-17-19-21-23-25-27-29-31-33-35-37-39-45-58-50-49(53-47-41-43-48(57)44-42-47)55(56(52(6,7)8)54(50)51(3,4)5)59-46-40-38-36-34-32-30-28-26-24-22-20-18-16-14-12-10-2/h41-44,53,57H,9-40,45-46H2,1-8H3. The van der Waals surface area contributed by atoms with Crippen molar-refractivity contribution < 1.29 is 5.11 Å². The second-order valence-corrected chi connectivity index (χ2v) is 21.9. The fourth-order valence-corrected chi connectivity index (χ4v) is 10.8. The van der Waals surface area contributed by atoms with E-state index in [4.69, 9.17) is 0 Å². The Bertz CT molecular complexity index is 1160. The van der Waals surface area contributed by atoms with Crippen LogP contribution in [0.2, 0.25) is 0 Å². The number of anilines is 1. The highest BCUT2D eigenvalue weighted by Crippen LogP contribution is 2.47. The fourth-order valence-electron chi connectivity index (χ4n) is 8.26. The van der Waals surface area contributed by atoms with Crippen LogP contribution in [0.15, 0.2) is 35.1 Å². The number of nitrogens with zero attached hydrogens (tertiary/aromatic N) is 3. The van der Waals surface area contributed by atoms with Gasteiger partial charge in [0.25, 0.3) is 0 Å². The first-order valence-electron chi connectivity index (χ1n) is 25.5. The Morgan fingerprint density at radius 2 is 0.797 bits per heavy atom. The first kappa shape index (κ1) is 54.0. The van der Waals surface area contributed by atoms with E-state index in [0.29, 0.717) is 5.75 Å². The largest absolute Gasteiger partial charge is 0.508 e. The molecule has 0 fully saturated rings. The van der Waals surface area contributed by atoms with Crippen LogP contribution >= 0.6 is 23.7 Å². The zero-order chi connectivity index (χ0) is 43.0. The average Bonchev–Trinajstić information content (AvgIpc) is 3.51. The highest BCUT2D eigenvalue weighted by molar-refractivity contribution is 8.03. The van der Waals surface area contributed by atoms with E-state index >= 15 is 0 Å². The van der Waals surface area contributed by atoms with E-state index in [1.807, 2.05) is 35.8 Å². The van der Waals surface area contributed by atoms with Gasteiger partial charge in [-0.15, -0.1) is 16.9 Å². The van der Waals surface area contributed by atoms with Crippen molar-refractivity contribution in [1.29, 1.82) is 0 Å². The number of thioether (sulfide) groups is 1. The molecule has 1 aliphatic rings. The van der Waals surface area contributed by atoms with Crippen molar-refractivity contribution >= 4 is 29.4 Å². The number of hydrazine groups is 2. The van der Waals surface area contributed by atoms with Crippen LogP contribution in [-0.2, 0) is 0 Å². The Labute approximate surface area is 376 Å². The minimum Gasteiger partial charge on any atom is -0.508 e. The van der Waals surface area contributed by atoms with E-state index in [-0.39, 0.29) is 11.1 Å². The van der Waals surface area contributed by atoms with Crippen LogP contribution in [-0.4, -0.2) is 42.2 Å². The van der Waals surface area contributed by atoms with Crippen LogP contribution in [0.1, 0.15) is 261 Å². The molecule has 0 radical (unpaired) electrons. The predicted molar refractivity (Wildman–Crippen MR) is 268 cm³/mol. The van der Waals surface area contributed by atoms with Gasteiger partial charge in [-0.05, 0) is 96.4 Å². The van der Waals surface area contributed by atoms with Gasteiger partial charge in [0.15, 0.2) is 5.82 Å². The molecule has 5 nitrogen and oxygen atoms in total.